The van der Waals surface area contributed by atoms with E-state index in [9.17, 15) is 14.3 Å². The second-order valence-electron chi connectivity index (χ2n) is 4.84. The first kappa shape index (κ1) is 15.4. The van der Waals surface area contributed by atoms with Gasteiger partial charge in [-0.05, 0) is 20.0 Å². The van der Waals surface area contributed by atoms with E-state index in [1.807, 2.05) is 25.8 Å². The Kier molecular flexibility index (Phi) is 5.30. The number of hydrogen-bond acceptors (Lipinski definition) is 3. The molecule has 106 valence electrons. The number of phenolic OH excluding ortho intramolecular Hbond substituents is 1. The Labute approximate surface area is 113 Å². The minimum absolute atomic E-state index is 0.0368. The smallest absolute Gasteiger partial charge is 0.223 e. The van der Waals surface area contributed by atoms with Crippen molar-refractivity contribution >= 4 is 5.91 Å². The molecular formula is C14H21FN2O2. The maximum atomic E-state index is 13.8. The second kappa shape index (κ2) is 6.52. The van der Waals surface area contributed by atoms with Gasteiger partial charge < -0.3 is 10.4 Å². The van der Waals surface area contributed by atoms with Crippen LogP contribution in [0.3, 0.4) is 0 Å². The monoisotopic (exact) mass is 268 g/mol. The van der Waals surface area contributed by atoms with Crippen molar-refractivity contribution in [2.24, 2.45) is 5.92 Å². The van der Waals surface area contributed by atoms with Crippen LogP contribution in [0, 0.1) is 11.7 Å². The van der Waals surface area contributed by atoms with Crippen molar-refractivity contribution in [2.75, 3.05) is 20.6 Å². The van der Waals surface area contributed by atoms with Gasteiger partial charge in [-0.25, -0.2) is 4.39 Å². The van der Waals surface area contributed by atoms with E-state index in [0.29, 0.717) is 12.1 Å². The number of benzene rings is 1. The molecular weight excluding hydrogens is 247 g/mol. The molecule has 1 aromatic rings. The van der Waals surface area contributed by atoms with Crippen molar-refractivity contribution < 1.29 is 14.3 Å². The molecule has 0 fully saturated rings. The lowest BCUT2D eigenvalue weighted by Crippen LogP contribution is -2.35. The van der Waals surface area contributed by atoms with E-state index in [-0.39, 0.29) is 23.6 Å². The number of nitrogens with zero attached hydrogens (tertiary/aromatic N) is 1. The van der Waals surface area contributed by atoms with Crippen LogP contribution in [0.2, 0.25) is 0 Å². The molecule has 0 aliphatic heterocycles. The van der Waals surface area contributed by atoms with Crippen LogP contribution in [0.15, 0.2) is 18.2 Å². The summed E-state index contributed by atoms with van der Waals surface area (Å²) in [4.78, 5) is 13.4. The molecule has 0 heterocycles. The Balaban J connectivity index is 2.76. The molecule has 5 heteroatoms. The van der Waals surface area contributed by atoms with Crippen molar-refractivity contribution in [3.8, 4) is 5.75 Å². The molecule has 1 aromatic carbocycles. The summed E-state index contributed by atoms with van der Waals surface area (Å²) in [6, 6.07) is 3.95. The van der Waals surface area contributed by atoms with Crippen molar-refractivity contribution in [3.05, 3.63) is 29.6 Å². The summed E-state index contributed by atoms with van der Waals surface area (Å²) in [7, 11) is 3.44. The van der Waals surface area contributed by atoms with Crippen LogP contribution < -0.4 is 5.32 Å². The number of nitrogens with one attached hydrogen (secondary N) is 1. The predicted octanol–water partition coefficient (Wildman–Crippen LogP) is 1.91. The molecule has 0 aromatic heterocycles. The third-order valence-corrected chi connectivity index (χ3v) is 3.35. The highest BCUT2D eigenvalue weighted by atomic mass is 19.1. The Morgan fingerprint density at radius 1 is 1.47 bits per heavy atom. The zero-order valence-corrected chi connectivity index (χ0v) is 11.8. The quantitative estimate of drug-likeness (QED) is 0.857. The second-order valence-corrected chi connectivity index (χ2v) is 4.84. The van der Waals surface area contributed by atoms with Gasteiger partial charge in [0.15, 0.2) is 0 Å². The van der Waals surface area contributed by atoms with E-state index < -0.39 is 5.82 Å². The van der Waals surface area contributed by atoms with Crippen LogP contribution in [0.5, 0.6) is 5.75 Å². The number of hydrogen-bond donors (Lipinski definition) is 2. The molecule has 0 radical (unpaired) electrons. The Hall–Kier alpha value is -1.62. The minimum Gasteiger partial charge on any atom is -0.508 e. The van der Waals surface area contributed by atoms with E-state index in [0.717, 1.165) is 6.07 Å². The summed E-state index contributed by atoms with van der Waals surface area (Å²) < 4.78 is 13.8. The van der Waals surface area contributed by atoms with Gasteiger partial charge in [-0.15, -0.1) is 0 Å². The molecule has 0 saturated heterocycles. The number of aromatic hydroxyl groups is 1. The molecule has 1 amide bonds. The lowest BCUT2D eigenvalue weighted by molar-refractivity contribution is -0.124. The van der Waals surface area contributed by atoms with Crippen LogP contribution in [-0.2, 0) is 4.79 Å². The fourth-order valence-electron chi connectivity index (χ4n) is 2.01. The first-order chi connectivity index (χ1) is 8.86. The van der Waals surface area contributed by atoms with Crippen LogP contribution in [0.25, 0.3) is 0 Å². The molecule has 0 bridgehead atoms. The average molecular weight is 268 g/mol. The Morgan fingerprint density at radius 3 is 2.63 bits per heavy atom. The lowest BCUT2D eigenvalue weighted by Gasteiger charge is -2.27. The predicted molar refractivity (Wildman–Crippen MR) is 72.3 cm³/mol. The maximum Gasteiger partial charge on any atom is 0.223 e. The van der Waals surface area contributed by atoms with Crippen molar-refractivity contribution in [3.63, 3.8) is 0 Å². The topological polar surface area (TPSA) is 52.6 Å². The maximum absolute atomic E-state index is 13.8. The van der Waals surface area contributed by atoms with Gasteiger partial charge in [0, 0.05) is 37.2 Å². The van der Waals surface area contributed by atoms with Crippen molar-refractivity contribution in [1.82, 2.24) is 10.2 Å². The molecule has 0 aliphatic carbocycles. The van der Waals surface area contributed by atoms with E-state index in [1.165, 1.54) is 6.07 Å². The number of phenols is 1. The summed E-state index contributed by atoms with van der Waals surface area (Å²) in [6.07, 6.45) is 0. The number of carbonyl (C=O) groups excluding carboxylic acids is 1. The highest BCUT2D eigenvalue weighted by Gasteiger charge is 2.20. The van der Waals surface area contributed by atoms with Gasteiger partial charge in [0.1, 0.15) is 11.6 Å². The van der Waals surface area contributed by atoms with Gasteiger partial charge in [-0.1, -0.05) is 13.0 Å². The molecule has 0 spiro atoms. The zero-order chi connectivity index (χ0) is 14.6. The minimum atomic E-state index is -0.438. The summed E-state index contributed by atoms with van der Waals surface area (Å²) in [5.74, 6) is -0.732. The van der Waals surface area contributed by atoms with E-state index in [2.05, 4.69) is 5.32 Å². The van der Waals surface area contributed by atoms with Crippen molar-refractivity contribution in [2.45, 2.75) is 19.9 Å². The number of halogens is 1. The van der Waals surface area contributed by atoms with Crippen LogP contribution in [-0.4, -0.2) is 36.6 Å². The Morgan fingerprint density at radius 2 is 2.11 bits per heavy atom. The summed E-state index contributed by atoms with van der Waals surface area (Å²) in [5, 5.41) is 11.8. The zero-order valence-electron chi connectivity index (χ0n) is 11.8. The summed E-state index contributed by atoms with van der Waals surface area (Å²) in [5.41, 5.74) is 0.504. The molecule has 1 rings (SSSR count). The number of rotatable bonds is 5. The highest BCUT2D eigenvalue weighted by Crippen LogP contribution is 2.25. The third-order valence-electron chi connectivity index (χ3n) is 3.35. The van der Waals surface area contributed by atoms with Gasteiger partial charge in [-0.3, -0.25) is 9.69 Å². The first-order valence-corrected chi connectivity index (χ1v) is 6.27. The average Bonchev–Trinajstić information content (AvgIpc) is 2.36. The SMILES string of the molecule is CNC(=O)C(C)CN(C)C(C)c1ccc(O)cc1F. The molecule has 4 nitrogen and oxygen atoms in total. The number of carbonyl (C=O) groups is 1. The third kappa shape index (κ3) is 3.92. The van der Waals surface area contributed by atoms with Gasteiger partial charge in [0.05, 0.1) is 0 Å². The summed E-state index contributed by atoms with van der Waals surface area (Å²) >= 11 is 0. The van der Waals surface area contributed by atoms with Crippen LogP contribution in [0.1, 0.15) is 25.5 Å². The standard InChI is InChI=1S/C14H21FN2O2/c1-9(14(19)16-3)8-17(4)10(2)12-6-5-11(18)7-13(12)15/h5-7,9-10,18H,8H2,1-4H3,(H,16,19). The van der Waals surface area contributed by atoms with Gasteiger partial charge >= 0.3 is 0 Å². The van der Waals surface area contributed by atoms with E-state index in [1.54, 1.807) is 13.1 Å². The van der Waals surface area contributed by atoms with Crippen molar-refractivity contribution in [1.29, 1.82) is 0 Å². The van der Waals surface area contributed by atoms with E-state index in [4.69, 9.17) is 0 Å². The first-order valence-electron chi connectivity index (χ1n) is 6.27. The molecule has 0 aliphatic rings. The molecule has 2 N–H and O–H groups in total. The Bertz CT molecular complexity index is 451. The van der Waals surface area contributed by atoms with Gasteiger partial charge in [-0.2, -0.15) is 0 Å². The highest BCUT2D eigenvalue weighted by molar-refractivity contribution is 5.78. The molecule has 19 heavy (non-hydrogen) atoms. The van der Waals surface area contributed by atoms with Gasteiger partial charge in [0.25, 0.3) is 0 Å². The largest absolute Gasteiger partial charge is 0.508 e. The molecule has 0 saturated carbocycles. The number of amides is 1. The van der Waals surface area contributed by atoms with Crippen LogP contribution >= 0.6 is 0 Å². The fraction of sp³-hybridized carbons (Fsp3) is 0.500. The normalized spacial score (nSPS) is 14.2. The molecule has 2 unspecified atom stereocenters. The van der Waals surface area contributed by atoms with Crippen LogP contribution in [0.4, 0.5) is 4.39 Å². The lowest BCUT2D eigenvalue weighted by atomic mass is 10.0. The molecule has 2 atom stereocenters. The van der Waals surface area contributed by atoms with Gasteiger partial charge in [0.2, 0.25) is 5.91 Å². The van der Waals surface area contributed by atoms with E-state index >= 15 is 0 Å². The fourth-order valence-corrected chi connectivity index (χ4v) is 2.01. The summed E-state index contributed by atoms with van der Waals surface area (Å²) in [6.45, 7) is 4.22.